The standard InChI is InChI=1S/C12H22N2O5S/c15-12(16)11-2-6-14(7-3-11)20(17,18)13-5-1-10-4-8-19-9-10/h10-11,13H,1-9H2,(H,15,16). The molecule has 0 bridgehead atoms. The number of rotatable bonds is 6. The summed E-state index contributed by atoms with van der Waals surface area (Å²) in [6.07, 6.45) is 2.54. The van der Waals surface area contributed by atoms with Crippen LogP contribution in [0.2, 0.25) is 0 Å². The van der Waals surface area contributed by atoms with Gasteiger partial charge in [-0.05, 0) is 31.6 Å². The Morgan fingerprint density at radius 2 is 2.00 bits per heavy atom. The van der Waals surface area contributed by atoms with Gasteiger partial charge in [0.2, 0.25) is 0 Å². The van der Waals surface area contributed by atoms with E-state index in [-0.39, 0.29) is 13.1 Å². The summed E-state index contributed by atoms with van der Waals surface area (Å²) < 4.78 is 33.3. The SMILES string of the molecule is O=C(O)C1CCN(S(=O)(=O)NCCC2CCOC2)CC1. The third-order valence-corrected chi connectivity index (χ3v) is 5.62. The minimum Gasteiger partial charge on any atom is -0.481 e. The third kappa shape index (κ3) is 4.15. The molecule has 2 fully saturated rings. The van der Waals surface area contributed by atoms with Gasteiger partial charge in [0.05, 0.1) is 5.92 Å². The lowest BCUT2D eigenvalue weighted by molar-refractivity contribution is -0.142. The van der Waals surface area contributed by atoms with E-state index in [1.807, 2.05) is 0 Å². The molecule has 0 amide bonds. The van der Waals surface area contributed by atoms with Gasteiger partial charge in [0.1, 0.15) is 0 Å². The van der Waals surface area contributed by atoms with Crippen molar-refractivity contribution in [2.75, 3.05) is 32.8 Å². The fourth-order valence-corrected chi connectivity index (χ4v) is 3.89. The molecule has 2 saturated heterocycles. The van der Waals surface area contributed by atoms with Crippen LogP contribution in [0.4, 0.5) is 0 Å². The molecule has 2 aliphatic heterocycles. The normalized spacial score (nSPS) is 25.9. The number of nitrogens with one attached hydrogen (secondary N) is 1. The molecule has 0 spiro atoms. The van der Waals surface area contributed by atoms with Gasteiger partial charge in [-0.2, -0.15) is 12.7 Å². The first kappa shape index (κ1) is 15.7. The van der Waals surface area contributed by atoms with Gasteiger partial charge in [-0.25, -0.2) is 4.72 Å². The van der Waals surface area contributed by atoms with Gasteiger partial charge >= 0.3 is 5.97 Å². The number of carbonyl (C=O) groups is 1. The van der Waals surface area contributed by atoms with Crippen molar-refractivity contribution in [3.8, 4) is 0 Å². The predicted molar refractivity (Wildman–Crippen MR) is 72.4 cm³/mol. The Morgan fingerprint density at radius 1 is 1.30 bits per heavy atom. The number of nitrogens with zero attached hydrogens (tertiary/aromatic N) is 1. The molecule has 2 heterocycles. The van der Waals surface area contributed by atoms with Crippen LogP contribution < -0.4 is 4.72 Å². The van der Waals surface area contributed by atoms with Gasteiger partial charge in [-0.1, -0.05) is 0 Å². The number of carboxylic acid groups (broad SMARTS) is 1. The molecular formula is C12H22N2O5S. The highest BCUT2D eigenvalue weighted by molar-refractivity contribution is 7.87. The Morgan fingerprint density at radius 3 is 2.55 bits per heavy atom. The highest BCUT2D eigenvalue weighted by Gasteiger charge is 2.30. The number of ether oxygens (including phenoxy) is 1. The molecule has 7 nitrogen and oxygen atoms in total. The maximum Gasteiger partial charge on any atom is 0.306 e. The van der Waals surface area contributed by atoms with Gasteiger partial charge in [0.15, 0.2) is 0 Å². The molecule has 2 N–H and O–H groups in total. The minimum atomic E-state index is -3.47. The highest BCUT2D eigenvalue weighted by atomic mass is 32.2. The molecule has 1 unspecified atom stereocenters. The second-order valence-electron chi connectivity index (χ2n) is 5.43. The van der Waals surface area contributed by atoms with Crippen molar-refractivity contribution in [2.24, 2.45) is 11.8 Å². The number of hydrogen-bond acceptors (Lipinski definition) is 4. The lowest BCUT2D eigenvalue weighted by Gasteiger charge is -2.29. The van der Waals surface area contributed by atoms with Crippen LogP contribution in [0.1, 0.15) is 25.7 Å². The first-order valence-corrected chi connectivity index (χ1v) is 8.48. The van der Waals surface area contributed by atoms with E-state index >= 15 is 0 Å². The zero-order chi connectivity index (χ0) is 14.6. The first-order chi connectivity index (χ1) is 9.49. The summed E-state index contributed by atoms with van der Waals surface area (Å²) >= 11 is 0. The quantitative estimate of drug-likeness (QED) is 0.722. The van der Waals surface area contributed by atoms with Gasteiger partial charge in [0, 0.05) is 32.8 Å². The third-order valence-electron chi connectivity index (χ3n) is 4.00. The zero-order valence-corrected chi connectivity index (χ0v) is 12.3. The second kappa shape index (κ2) is 6.84. The summed E-state index contributed by atoms with van der Waals surface area (Å²) in [6, 6.07) is 0. The van der Waals surface area contributed by atoms with E-state index in [0.717, 1.165) is 19.4 Å². The Hall–Kier alpha value is -0.700. The smallest absolute Gasteiger partial charge is 0.306 e. The highest BCUT2D eigenvalue weighted by Crippen LogP contribution is 2.19. The molecule has 116 valence electrons. The fourth-order valence-electron chi connectivity index (χ4n) is 2.64. The van der Waals surface area contributed by atoms with Crippen LogP contribution >= 0.6 is 0 Å². The fraction of sp³-hybridized carbons (Fsp3) is 0.917. The van der Waals surface area contributed by atoms with E-state index in [9.17, 15) is 13.2 Å². The van der Waals surface area contributed by atoms with E-state index in [4.69, 9.17) is 9.84 Å². The number of piperidine rings is 1. The topological polar surface area (TPSA) is 95.9 Å². The molecule has 0 saturated carbocycles. The van der Waals surface area contributed by atoms with Crippen LogP contribution in [-0.2, 0) is 19.7 Å². The molecule has 2 aliphatic rings. The molecule has 0 aromatic heterocycles. The summed E-state index contributed by atoms with van der Waals surface area (Å²) in [5.74, 6) is -0.816. The van der Waals surface area contributed by atoms with Crippen LogP contribution in [0.5, 0.6) is 0 Å². The van der Waals surface area contributed by atoms with E-state index in [0.29, 0.717) is 31.9 Å². The van der Waals surface area contributed by atoms with Gasteiger partial charge < -0.3 is 9.84 Å². The number of hydrogen-bond donors (Lipinski definition) is 2. The summed E-state index contributed by atoms with van der Waals surface area (Å²) in [4.78, 5) is 10.8. The molecule has 8 heteroatoms. The van der Waals surface area contributed by atoms with Crippen molar-refractivity contribution < 1.29 is 23.1 Å². The molecule has 2 rings (SSSR count). The molecule has 0 radical (unpaired) electrons. The Labute approximate surface area is 119 Å². The predicted octanol–water partition coefficient (Wildman–Crippen LogP) is 0.0440. The van der Waals surface area contributed by atoms with Gasteiger partial charge in [-0.3, -0.25) is 4.79 Å². The lowest BCUT2D eigenvalue weighted by Crippen LogP contribution is -2.46. The lowest BCUT2D eigenvalue weighted by atomic mass is 9.99. The van der Waals surface area contributed by atoms with Crippen molar-refractivity contribution in [1.29, 1.82) is 0 Å². The molecular weight excluding hydrogens is 284 g/mol. The first-order valence-electron chi connectivity index (χ1n) is 7.04. The largest absolute Gasteiger partial charge is 0.481 e. The second-order valence-corrected chi connectivity index (χ2v) is 7.18. The van der Waals surface area contributed by atoms with E-state index < -0.39 is 22.1 Å². The van der Waals surface area contributed by atoms with Crippen LogP contribution in [0.15, 0.2) is 0 Å². The number of carboxylic acids is 1. The van der Waals surface area contributed by atoms with Crippen molar-refractivity contribution in [3.63, 3.8) is 0 Å². The van der Waals surface area contributed by atoms with Crippen LogP contribution in [0, 0.1) is 11.8 Å². The molecule has 0 aromatic carbocycles. The average Bonchev–Trinajstić information content (AvgIpc) is 2.92. The average molecular weight is 306 g/mol. The van der Waals surface area contributed by atoms with E-state index in [1.54, 1.807) is 0 Å². The van der Waals surface area contributed by atoms with Crippen LogP contribution in [0.3, 0.4) is 0 Å². The monoisotopic (exact) mass is 306 g/mol. The summed E-state index contributed by atoms with van der Waals surface area (Å²) in [7, 11) is -3.47. The maximum atomic E-state index is 12.1. The zero-order valence-electron chi connectivity index (χ0n) is 11.5. The number of aliphatic carboxylic acids is 1. The Balaban J connectivity index is 1.74. The molecule has 20 heavy (non-hydrogen) atoms. The maximum absolute atomic E-state index is 12.1. The summed E-state index contributed by atoms with van der Waals surface area (Å²) in [5.41, 5.74) is 0. The molecule has 0 aromatic rings. The van der Waals surface area contributed by atoms with Gasteiger partial charge in [-0.15, -0.1) is 0 Å². The molecule has 1 atom stereocenters. The van der Waals surface area contributed by atoms with Gasteiger partial charge in [0.25, 0.3) is 10.2 Å². The Bertz CT molecular complexity index is 425. The van der Waals surface area contributed by atoms with E-state index in [2.05, 4.69) is 4.72 Å². The van der Waals surface area contributed by atoms with Crippen LogP contribution in [-0.4, -0.2) is 56.6 Å². The van der Waals surface area contributed by atoms with Crippen LogP contribution in [0.25, 0.3) is 0 Å². The molecule has 0 aliphatic carbocycles. The Kier molecular flexibility index (Phi) is 5.36. The minimum absolute atomic E-state index is 0.277. The van der Waals surface area contributed by atoms with Crippen molar-refractivity contribution >= 4 is 16.2 Å². The summed E-state index contributed by atoms with van der Waals surface area (Å²) in [5, 5.41) is 8.89. The van der Waals surface area contributed by atoms with E-state index in [1.165, 1.54) is 4.31 Å². The summed E-state index contributed by atoms with van der Waals surface area (Å²) in [6.45, 7) is 2.44. The van der Waals surface area contributed by atoms with Crippen molar-refractivity contribution in [3.05, 3.63) is 0 Å². The van der Waals surface area contributed by atoms with Crippen molar-refractivity contribution in [2.45, 2.75) is 25.7 Å². The van der Waals surface area contributed by atoms with Crippen molar-refractivity contribution in [1.82, 2.24) is 9.03 Å².